The molecule has 0 spiro atoms. The van der Waals surface area contributed by atoms with Crippen molar-refractivity contribution in [3.05, 3.63) is 29.8 Å². The van der Waals surface area contributed by atoms with Crippen molar-refractivity contribution in [2.75, 3.05) is 18.8 Å². The number of benzene rings is 1. The number of nitrogens with one attached hydrogen (secondary N) is 2. The minimum absolute atomic E-state index is 0.0849. The average molecular weight is 510 g/mol. The molecule has 1 aliphatic rings. The van der Waals surface area contributed by atoms with Gasteiger partial charge < -0.3 is 37.2 Å². The molecule has 0 aromatic heterocycles. The normalized spacial score (nSPS) is 17.9. The van der Waals surface area contributed by atoms with Gasteiger partial charge in [0.1, 0.15) is 23.9 Å². The van der Waals surface area contributed by atoms with Crippen molar-refractivity contribution in [3.63, 3.8) is 0 Å². The third-order valence-corrected chi connectivity index (χ3v) is 6.29. The van der Waals surface area contributed by atoms with Gasteiger partial charge in [0.25, 0.3) is 0 Å². The summed E-state index contributed by atoms with van der Waals surface area (Å²) in [4.78, 5) is 51.6. The zero-order chi connectivity index (χ0) is 26.0. The number of thiol groups is 1. The number of phenolic OH excluding ortho intramolecular Hbond substituents is 1. The molecule has 0 bridgehead atoms. The van der Waals surface area contributed by atoms with Crippen molar-refractivity contribution in [3.8, 4) is 5.75 Å². The van der Waals surface area contributed by atoms with Crippen LogP contribution < -0.4 is 22.1 Å². The van der Waals surface area contributed by atoms with Crippen LogP contribution in [0.15, 0.2) is 24.3 Å². The van der Waals surface area contributed by atoms with Gasteiger partial charge in [-0.1, -0.05) is 12.1 Å². The van der Waals surface area contributed by atoms with Crippen molar-refractivity contribution >= 4 is 36.3 Å². The topological polar surface area (TPSA) is 188 Å². The first-order valence-electron chi connectivity index (χ1n) is 11.7. The van der Waals surface area contributed by atoms with Crippen LogP contribution in [0.5, 0.6) is 5.75 Å². The first-order valence-corrected chi connectivity index (χ1v) is 12.3. The Kier molecular flexibility index (Phi) is 11.3. The highest BCUT2D eigenvalue weighted by atomic mass is 32.1. The van der Waals surface area contributed by atoms with Gasteiger partial charge in [-0.25, -0.2) is 4.79 Å². The van der Waals surface area contributed by atoms with Gasteiger partial charge in [0.15, 0.2) is 0 Å². The van der Waals surface area contributed by atoms with Crippen LogP contribution >= 0.6 is 12.6 Å². The van der Waals surface area contributed by atoms with E-state index in [1.54, 1.807) is 12.1 Å². The minimum Gasteiger partial charge on any atom is -0.508 e. The largest absolute Gasteiger partial charge is 0.508 e. The molecule has 4 atom stereocenters. The van der Waals surface area contributed by atoms with Gasteiger partial charge >= 0.3 is 5.97 Å². The molecule has 1 heterocycles. The maximum atomic E-state index is 13.4. The number of hydrogen-bond acceptors (Lipinski definition) is 8. The van der Waals surface area contributed by atoms with Gasteiger partial charge in [-0.3, -0.25) is 14.4 Å². The average Bonchev–Trinajstić information content (AvgIpc) is 3.32. The van der Waals surface area contributed by atoms with Crippen LogP contribution in [0.1, 0.15) is 37.7 Å². The van der Waals surface area contributed by atoms with Gasteiger partial charge in [-0.2, -0.15) is 12.6 Å². The fourth-order valence-electron chi connectivity index (χ4n) is 3.96. The smallest absolute Gasteiger partial charge is 0.327 e. The monoisotopic (exact) mass is 509 g/mol. The summed E-state index contributed by atoms with van der Waals surface area (Å²) >= 11 is 3.95. The van der Waals surface area contributed by atoms with Crippen LogP contribution in [-0.2, 0) is 25.6 Å². The maximum absolute atomic E-state index is 13.4. The number of likely N-dealkylation sites (tertiary alicyclic amines) is 1. The van der Waals surface area contributed by atoms with E-state index in [-0.39, 0.29) is 17.9 Å². The Morgan fingerprint density at radius 2 is 1.80 bits per heavy atom. The zero-order valence-electron chi connectivity index (χ0n) is 19.6. The van der Waals surface area contributed by atoms with Gasteiger partial charge in [0, 0.05) is 12.3 Å². The number of nitrogens with zero attached hydrogens (tertiary/aromatic N) is 1. The third kappa shape index (κ3) is 8.41. The number of nitrogens with two attached hydrogens (primary N) is 2. The number of hydrogen-bond donors (Lipinski definition) is 7. The lowest BCUT2D eigenvalue weighted by atomic mass is 10.0. The van der Waals surface area contributed by atoms with Crippen molar-refractivity contribution in [2.45, 2.75) is 62.7 Å². The van der Waals surface area contributed by atoms with Gasteiger partial charge in [0.2, 0.25) is 17.7 Å². The molecule has 0 saturated carbocycles. The van der Waals surface area contributed by atoms with Crippen LogP contribution in [0.3, 0.4) is 0 Å². The molecule has 1 aromatic carbocycles. The number of aliphatic carboxylic acids is 1. The van der Waals surface area contributed by atoms with Crippen LogP contribution in [0.4, 0.5) is 0 Å². The summed E-state index contributed by atoms with van der Waals surface area (Å²) in [6, 6.07) is 2.51. The molecule has 11 nitrogen and oxygen atoms in total. The molecule has 1 fully saturated rings. The fourth-order valence-corrected chi connectivity index (χ4v) is 4.21. The van der Waals surface area contributed by atoms with Crippen molar-refractivity contribution < 1.29 is 29.4 Å². The van der Waals surface area contributed by atoms with E-state index in [9.17, 15) is 29.4 Å². The van der Waals surface area contributed by atoms with E-state index in [0.717, 1.165) is 5.56 Å². The lowest BCUT2D eigenvalue weighted by Gasteiger charge is -2.30. The number of unbranched alkanes of at least 4 members (excludes halogenated alkanes) is 1. The quantitative estimate of drug-likeness (QED) is 0.135. The summed E-state index contributed by atoms with van der Waals surface area (Å²) in [6.07, 6.45) is 2.75. The predicted molar refractivity (Wildman–Crippen MR) is 133 cm³/mol. The Morgan fingerprint density at radius 3 is 2.40 bits per heavy atom. The SMILES string of the molecule is NCCCCC(NC(=O)C(N)Cc1ccc(O)cc1)C(=O)N1CCCC1C(=O)NC(CS)C(=O)O. The number of amides is 3. The lowest BCUT2D eigenvalue weighted by molar-refractivity contribution is -0.144. The molecular formula is C23H35N5O6S. The molecule has 8 N–H and O–H groups in total. The van der Waals surface area contributed by atoms with Gasteiger partial charge in [-0.15, -0.1) is 0 Å². The predicted octanol–water partition coefficient (Wildman–Crippen LogP) is -0.634. The van der Waals surface area contributed by atoms with Crippen molar-refractivity contribution in [1.82, 2.24) is 15.5 Å². The third-order valence-electron chi connectivity index (χ3n) is 5.93. The molecule has 194 valence electrons. The Hall–Kier alpha value is -2.83. The van der Waals surface area contributed by atoms with E-state index < -0.39 is 47.9 Å². The summed E-state index contributed by atoms with van der Waals surface area (Å²) in [5, 5.41) is 23.8. The summed E-state index contributed by atoms with van der Waals surface area (Å²) in [7, 11) is 0. The first kappa shape index (κ1) is 28.4. The number of aromatic hydroxyl groups is 1. The highest BCUT2D eigenvalue weighted by molar-refractivity contribution is 7.80. The van der Waals surface area contributed by atoms with Crippen LogP contribution in [0, 0.1) is 0 Å². The molecule has 4 unspecified atom stereocenters. The summed E-state index contributed by atoms with van der Waals surface area (Å²) < 4.78 is 0. The first-order chi connectivity index (χ1) is 16.7. The molecule has 1 aromatic rings. The second kappa shape index (κ2) is 13.9. The molecular weight excluding hydrogens is 474 g/mol. The Bertz CT molecular complexity index is 884. The fraction of sp³-hybridized carbons (Fsp3) is 0.565. The molecule has 35 heavy (non-hydrogen) atoms. The Labute approximate surface area is 210 Å². The molecule has 2 rings (SSSR count). The van der Waals surface area contributed by atoms with E-state index in [1.165, 1.54) is 17.0 Å². The van der Waals surface area contributed by atoms with Crippen LogP contribution in [0.25, 0.3) is 0 Å². The zero-order valence-corrected chi connectivity index (χ0v) is 20.5. The van der Waals surface area contributed by atoms with Gasteiger partial charge in [0.05, 0.1) is 6.04 Å². The summed E-state index contributed by atoms with van der Waals surface area (Å²) in [5.74, 6) is -2.68. The lowest BCUT2D eigenvalue weighted by Crippen LogP contribution is -2.57. The van der Waals surface area contributed by atoms with E-state index in [1.807, 2.05) is 0 Å². The molecule has 1 saturated heterocycles. The van der Waals surface area contributed by atoms with E-state index in [4.69, 9.17) is 11.5 Å². The Morgan fingerprint density at radius 1 is 1.11 bits per heavy atom. The molecule has 0 aliphatic carbocycles. The molecule has 0 radical (unpaired) electrons. The van der Waals surface area contributed by atoms with Crippen molar-refractivity contribution in [1.29, 1.82) is 0 Å². The molecule has 3 amide bonds. The van der Waals surface area contributed by atoms with Gasteiger partial charge in [-0.05, 0) is 62.8 Å². The van der Waals surface area contributed by atoms with Crippen LogP contribution in [0.2, 0.25) is 0 Å². The highest BCUT2D eigenvalue weighted by Crippen LogP contribution is 2.20. The minimum atomic E-state index is -1.21. The summed E-state index contributed by atoms with van der Waals surface area (Å²) in [5.41, 5.74) is 12.4. The van der Waals surface area contributed by atoms with E-state index in [0.29, 0.717) is 45.2 Å². The standard InChI is InChI=1S/C23H35N5O6S/c24-10-2-1-4-17(26-20(30)16(25)12-14-6-8-15(29)9-7-14)22(32)28-11-3-5-19(28)21(31)27-18(13-35)23(33)34/h6-9,16-19,29,35H,1-5,10-13,24-25H2,(H,26,30)(H,27,31)(H,33,34). The number of carbonyl (C=O) groups is 4. The number of carboxylic acid groups (broad SMARTS) is 1. The van der Waals surface area contributed by atoms with Crippen LogP contribution in [-0.4, -0.2) is 81.8 Å². The van der Waals surface area contributed by atoms with E-state index >= 15 is 0 Å². The highest BCUT2D eigenvalue weighted by Gasteiger charge is 2.38. The second-order valence-electron chi connectivity index (χ2n) is 8.59. The van der Waals surface area contributed by atoms with Crippen molar-refractivity contribution in [2.24, 2.45) is 11.5 Å². The molecule has 1 aliphatic heterocycles. The number of phenols is 1. The summed E-state index contributed by atoms with van der Waals surface area (Å²) in [6.45, 7) is 0.753. The Balaban J connectivity index is 2.09. The number of rotatable bonds is 13. The number of carbonyl (C=O) groups excluding carboxylic acids is 3. The van der Waals surface area contributed by atoms with E-state index in [2.05, 4.69) is 23.3 Å². The second-order valence-corrected chi connectivity index (χ2v) is 8.96. The molecule has 12 heteroatoms. The number of carboxylic acids is 1. The maximum Gasteiger partial charge on any atom is 0.327 e.